The molecule has 3 heterocycles. The van der Waals surface area contributed by atoms with E-state index in [1.54, 1.807) is 6.20 Å². The van der Waals surface area contributed by atoms with E-state index in [1.165, 1.54) is 11.1 Å². The van der Waals surface area contributed by atoms with Gasteiger partial charge in [-0.1, -0.05) is 24.3 Å². The van der Waals surface area contributed by atoms with Gasteiger partial charge in [0.15, 0.2) is 0 Å². The number of aromatic nitrogens is 1. The quantitative estimate of drug-likeness (QED) is 0.875. The molecule has 6 nitrogen and oxygen atoms in total. The molecule has 0 aliphatic carbocycles. The van der Waals surface area contributed by atoms with Gasteiger partial charge < -0.3 is 15.5 Å². The predicted molar refractivity (Wildman–Crippen MR) is 103 cm³/mol. The summed E-state index contributed by atoms with van der Waals surface area (Å²) in [5, 5.41) is 6.18. The molecule has 0 spiro atoms. The van der Waals surface area contributed by atoms with Crippen LogP contribution >= 0.6 is 0 Å². The number of fused-ring (bicyclic) bond motifs is 1. The second kappa shape index (κ2) is 7.48. The number of carbonyl (C=O) groups is 2. The molecule has 6 heteroatoms. The standard InChI is InChI=1S/C21H24N4O2/c1-14-6-7-19(11-23-14)24-20(26)17-8-18(10-22-9-17)21(27)25-12-15-4-2-3-5-16(15)13-25/h2-7,11,17-18,22H,8-10,12-13H2,1H3,(H,24,26)/t17-,18+/m0/s1. The maximum atomic E-state index is 13.0. The van der Waals surface area contributed by atoms with Crippen LogP contribution in [0.15, 0.2) is 42.6 Å². The zero-order chi connectivity index (χ0) is 18.8. The Morgan fingerprint density at radius 3 is 2.44 bits per heavy atom. The highest BCUT2D eigenvalue weighted by Crippen LogP contribution is 2.27. The Labute approximate surface area is 159 Å². The van der Waals surface area contributed by atoms with Gasteiger partial charge in [-0.2, -0.15) is 0 Å². The molecule has 1 aromatic heterocycles. The van der Waals surface area contributed by atoms with Crippen LogP contribution in [0.3, 0.4) is 0 Å². The summed E-state index contributed by atoms with van der Waals surface area (Å²) < 4.78 is 0. The third-order valence-electron chi connectivity index (χ3n) is 5.40. The SMILES string of the molecule is Cc1ccc(NC(=O)[C@@H]2CNC[C@H](C(=O)N3Cc4ccccc4C3)C2)cn1. The van der Waals surface area contributed by atoms with Crippen molar-refractivity contribution in [3.05, 3.63) is 59.4 Å². The molecule has 2 atom stereocenters. The fraction of sp³-hybridized carbons (Fsp3) is 0.381. The van der Waals surface area contributed by atoms with Gasteiger partial charge in [0, 0.05) is 31.9 Å². The van der Waals surface area contributed by atoms with Crippen molar-refractivity contribution < 1.29 is 9.59 Å². The highest BCUT2D eigenvalue weighted by molar-refractivity contribution is 5.93. The maximum Gasteiger partial charge on any atom is 0.228 e. The molecule has 1 fully saturated rings. The fourth-order valence-corrected chi connectivity index (χ4v) is 3.86. The molecule has 2 aromatic rings. The average molecular weight is 364 g/mol. The lowest BCUT2D eigenvalue weighted by Gasteiger charge is -2.31. The van der Waals surface area contributed by atoms with Crippen LogP contribution in [0, 0.1) is 18.8 Å². The highest BCUT2D eigenvalue weighted by Gasteiger charge is 2.35. The monoisotopic (exact) mass is 364 g/mol. The first kappa shape index (κ1) is 17.7. The number of nitrogens with zero attached hydrogens (tertiary/aromatic N) is 2. The summed E-state index contributed by atoms with van der Waals surface area (Å²) in [4.78, 5) is 31.7. The molecule has 2 aliphatic heterocycles. The summed E-state index contributed by atoms with van der Waals surface area (Å²) in [6, 6.07) is 11.9. The molecule has 0 radical (unpaired) electrons. The number of aryl methyl sites for hydroxylation is 1. The Morgan fingerprint density at radius 1 is 1.07 bits per heavy atom. The van der Waals surface area contributed by atoms with Gasteiger partial charge in [0.2, 0.25) is 11.8 Å². The van der Waals surface area contributed by atoms with Crippen LogP contribution in [0.5, 0.6) is 0 Å². The minimum absolute atomic E-state index is 0.0599. The number of benzene rings is 1. The molecule has 27 heavy (non-hydrogen) atoms. The summed E-state index contributed by atoms with van der Waals surface area (Å²) >= 11 is 0. The van der Waals surface area contributed by atoms with Gasteiger partial charge in [-0.3, -0.25) is 14.6 Å². The van der Waals surface area contributed by atoms with E-state index in [2.05, 4.69) is 27.8 Å². The smallest absolute Gasteiger partial charge is 0.228 e. The van der Waals surface area contributed by atoms with Crippen LogP contribution in [-0.2, 0) is 22.7 Å². The molecule has 2 amide bonds. The minimum Gasteiger partial charge on any atom is -0.334 e. The van der Waals surface area contributed by atoms with Crippen LogP contribution in [0.1, 0.15) is 23.2 Å². The first-order chi connectivity index (χ1) is 13.1. The molecule has 1 saturated heterocycles. The molecule has 1 aromatic carbocycles. The first-order valence-corrected chi connectivity index (χ1v) is 9.40. The molecule has 0 saturated carbocycles. The van der Waals surface area contributed by atoms with Crippen LogP contribution in [0.25, 0.3) is 0 Å². The van der Waals surface area contributed by atoms with E-state index in [9.17, 15) is 9.59 Å². The van der Waals surface area contributed by atoms with Crippen LogP contribution in [0.4, 0.5) is 5.69 Å². The van der Waals surface area contributed by atoms with E-state index >= 15 is 0 Å². The second-order valence-corrected chi connectivity index (χ2v) is 7.43. The lowest BCUT2D eigenvalue weighted by Crippen LogP contribution is -2.47. The van der Waals surface area contributed by atoms with Crippen molar-refractivity contribution in [3.63, 3.8) is 0 Å². The van der Waals surface area contributed by atoms with Crippen LogP contribution < -0.4 is 10.6 Å². The lowest BCUT2D eigenvalue weighted by molar-refractivity contribution is -0.137. The van der Waals surface area contributed by atoms with Gasteiger partial charge in [-0.25, -0.2) is 0 Å². The Kier molecular flexibility index (Phi) is 4.90. The molecule has 140 valence electrons. The molecular formula is C21H24N4O2. The van der Waals surface area contributed by atoms with Gasteiger partial charge in [0.1, 0.15) is 0 Å². The Balaban J connectivity index is 1.37. The van der Waals surface area contributed by atoms with E-state index in [0.29, 0.717) is 38.3 Å². The van der Waals surface area contributed by atoms with E-state index in [-0.39, 0.29) is 23.7 Å². The van der Waals surface area contributed by atoms with Gasteiger partial charge in [0.25, 0.3) is 0 Å². The van der Waals surface area contributed by atoms with Crippen molar-refractivity contribution in [2.45, 2.75) is 26.4 Å². The summed E-state index contributed by atoms with van der Waals surface area (Å²) in [5.74, 6) is -0.317. The van der Waals surface area contributed by atoms with E-state index in [1.807, 2.05) is 36.1 Å². The summed E-state index contributed by atoms with van der Waals surface area (Å²) in [5.41, 5.74) is 4.03. The van der Waals surface area contributed by atoms with Crippen molar-refractivity contribution in [2.75, 3.05) is 18.4 Å². The Hall–Kier alpha value is -2.73. The van der Waals surface area contributed by atoms with Gasteiger partial charge in [-0.15, -0.1) is 0 Å². The number of anilines is 1. The van der Waals surface area contributed by atoms with Crippen molar-refractivity contribution >= 4 is 17.5 Å². The van der Waals surface area contributed by atoms with Gasteiger partial charge >= 0.3 is 0 Å². The molecule has 2 aliphatic rings. The molecular weight excluding hydrogens is 340 g/mol. The van der Waals surface area contributed by atoms with Crippen molar-refractivity contribution in [2.24, 2.45) is 11.8 Å². The number of hydrogen-bond donors (Lipinski definition) is 2. The van der Waals surface area contributed by atoms with Crippen molar-refractivity contribution in [1.82, 2.24) is 15.2 Å². The average Bonchev–Trinajstić information content (AvgIpc) is 3.13. The molecule has 0 unspecified atom stereocenters. The van der Waals surface area contributed by atoms with Crippen LogP contribution in [-0.4, -0.2) is 34.8 Å². The van der Waals surface area contributed by atoms with E-state index in [0.717, 1.165) is 5.69 Å². The third kappa shape index (κ3) is 3.85. The highest BCUT2D eigenvalue weighted by atomic mass is 16.2. The largest absolute Gasteiger partial charge is 0.334 e. The maximum absolute atomic E-state index is 13.0. The van der Waals surface area contributed by atoms with Crippen LogP contribution in [0.2, 0.25) is 0 Å². The number of pyridine rings is 1. The number of piperidine rings is 1. The van der Waals surface area contributed by atoms with Crippen molar-refractivity contribution in [1.29, 1.82) is 0 Å². The number of amides is 2. The minimum atomic E-state index is -0.223. The summed E-state index contributed by atoms with van der Waals surface area (Å²) in [6.45, 7) is 4.45. The number of rotatable bonds is 3. The second-order valence-electron chi connectivity index (χ2n) is 7.43. The van der Waals surface area contributed by atoms with E-state index < -0.39 is 0 Å². The number of nitrogens with one attached hydrogen (secondary N) is 2. The van der Waals surface area contributed by atoms with Gasteiger partial charge in [-0.05, 0) is 36.6 Å². The lowest BCUT2D eigenvalue weighted by atomic mass is 9.89. The van der Waals surface area contributed by atoms with E-state index in [4.69, 9.17) is 0 Å². The van der Waals surface area contributed by atoms with Gasteiger partial charge in [0.05, 0.1) is 23.7 Å². The summed E-state index contributed by atoms with van der Waals surface area (Å²) in [7, 11) is 0. The zero-order valence-corrected chi connectivity index (χ0v) is 15.4. The molecule has 4 rings (SSSR count). The zero-order valence-electron chi connectivity index (χ0n) is 15.4. The normalized spacial score (nSPS) is 21.6. The molecule has 2 N–H and O–H groups in total. The first-order valence-electron chi connectivity index (χ1n) is 9.40. The fourth-order valence-electron chi connectivity index (χ4n) is 3.86. The summed E-state index contributed by atoms with van der Waals surface area (Å²) in [6.07, 6.45) is 2.23. The Bertz CT molecular complexity index is 825. The third-order valence-corrected chi connectivity index (χ3v) is 5.40. The topological polar surface area (TPSA) is 74.3 Å². The Morgan fingerprint density at radius 2 is 1.78 bits per heavy atom. The van der Waals surface area contributed by atoms with Crippen molar-refractivity contribution in [3.8, 4) is 0 Å². The number of carbonyl (C=O) groups excluding carboxylic acids is 2. The number of hydrogen-bond acceptors (Lipinski definition) is 4. The predicted octanol–water partition coefficient (Wildman–Crippen LogP) is 2.10. The molecule has 0 bridgehead atoms.